The highest BCUT2D eigenvalue weighted by Gasteiger charge is 2.31. The molecule has 0 aliphatic heterocycles. The standard InChI is InChI=1S/C88H86N4/c1-53(2)57-23-21-25-63(47-57)89(75-43-39-61(87(11,12)13)49-69(75)55-31-35-59(36-32-55)85(5,6)7)77-45-41-65-71-51-80-72(52-79(71)91-73-29-19-17-27-67(73)81(77)83(65)91)66-42-46-78(82-68-28-18-20-30-74(68)92(80)84(66)82)90(64-26-22-24-58(48-64)54(3)4)76-44-40-62(88(14,15)16)50-70(76)56-33-37-60(38-34-56)86(8,9)10/h17-54H,1-16H3. The Kier molecular flexibility index (Phi) is 13.5. The number of aromatic nitrogens is 2. The van der Waals surface area contributed by atoms with Crippen LogP contribution < -0.4 is 9.80 Å². The lowest BCUT2D eigenvalue weighted by Crippen LogP contribution is -2.15. The van der Waals surface area contributed by atoms with E-state index in [1.165, 1.54) is 132 Å². The van der Waals surface area contributed by atoms with E-state index >= 15 is 0 Å². The molecule has 4 heterocycles. The van der Waals surface area contributed by atoms with E-state index in [-0.39, 0.29) is 21.7 Å². The fourth-order valence-corrected chi connectivity index (χ4v) is 14.9. The Balaban J connectivity index is 0.994. The number of hydrogen-bond acceptors (Lipinski definition) is 2. The van der Waals surface area contributed by atoms with E-state index in [1.807, 2.05) is 0 Å². The van der Waals surface area contributed by atoms with Gasteiger partial charge in [0.15, 0.2) is 0 Å². The van der Waals surface area contributed by atoms with Crippen molar-refractivity contribution in [3.8, 4) is 22.3 Å². The molecular formula is C88H86N4. The number of anilines is 6. The molecule has 15 rings (SSSR count). The maximum atomic E-state index is 2.59. The van der Waals surface area contributed by atoms with E-state index in [1.54, 1.807) is 0 Å². The molecule has 0 N–H and O–H groups in total. The van der Waals surface area contributed by atoms with Crippen LogP contribution in [0.3, 0.4) is 0 Å². The van der Waals surface area contributed by atoms with Gasteiger partial charge in [-0.25, -0.2) is 0 Å². The maximum absolute atomic E-state index is 2.59. The summed E-state index contributed by atoms with van der Waals surface area (Å²) in [6.07, 6.45) is 0. The Morgan fingerprint density at radius 3 is 0.989 bits per heavy atom. The molecular weight excluding hydrogens is 1110 g/mol. The van der Waals surface area contributed by atoms with Gasteiger partial charge in [-0.1, -0.05) is 244 Å². The van der Waals surface area contributed by atoms with E-state index in [2.05, 4.69) is 348 Å². The van der Waals surface area contributed by atoms with Crippen molar-refractivity contribution >= 4 is 110 Å². The number of para-hydroxylation sites is 2. The molecule has 0 bridgehead atoms. The highest BCUT2D eigenvalue weighted by molar-refractivity contribution is 6.32. The van der Waals surface area contributed by atoms with Gasteiger partial charge < -0.3 is 18.6 Å². The highest BCUT2D eigenvalue weighted by Crippen LogP contribution is 2.54. The van der Waals surface area contributed by atoms with Crippen molar-refractivity contribution in [3.63, 3.8) is 0 Å². The zero-order valence-electron chi connectivity index (χ0n) is 56.7. The second kappa shape index (κ2) is 21.1. The van der Waals surface area contributed by atoms with Crippen LogP contribution in [0, 0.1) is 0 Å². The fourth-order valence-electron chi connectivity index (χ4n) is 14.9. The van der Waals surface area contributed by atoms with Gasteiger partial charge in [0.25, 0.3) is 0 Å². The second-order valence-corrected chi connectivity index (χ2v) is 31.1. The minimum absolute atomic E-state index is 0.0337. The lowest BCUT2D eigenvalue weighted by atomic mass is 9.83. The smallest absolute Gasteiger partial charge is 0.0641 e. The third kappa shape index (κ3) is 9.44. The van der Waals surface area contributed by atoms with Crippen molar-refractivity contribution in [2.24, 2.45) is 0 Å². The zero-order chi connectivity index (χ0) is 64.2. The average molecular weight is 1200 g/mol. The monoisotopic (exact) mass is 1200 g/mol. The summed E-state index contributed by atoms with van der Waals surface area (Å²) in [4.78, 5) is 5.15. The summed E-state index contributed by atoms with van der Waals surface area (Å²) in [6, 6.07) is 84.7. The number of rotatable bonds is 10. The van der Waals surface area contributed by atoms with Gasteiger partial charge >= 0.3 is 0 Å². The van der Waals surface area contributed by atoms with Crippen LogP contribution >= 0.6 is 0 Å². The number of benzene rings is 11. The third-order valence-electron chi connectivity index (χ3n) is 20.2. The van der Waals surface area contributed by atoms with Gasteiger partial charge in [-0.2, -0.15) is 0 Å². The summed E-state index contributed by atoms with van der Waals surface area (Å²) < 4.78 is 5.18. The van der Waals surface area contributed by atoms with Crippen molar-refractivity contribution in [2.75, 3.05) is 9.80 Å². The molecule has 4 aromatic heterocycles. The molecule has 0 amide bonds. The van der Waals surface area contributed by atoms with Crippen molar-refractivity contribution in [1.82, 2.24) is 8.80 Å². The first kappa shape index (κ1) is 59.0. The van der Waals surface area contributed by atoms with Gasteiger partial charge in [0, 0.05) is 65.6 Å². The largest absolute Gasteiger partial charge is 0.309 e. The van der Waals surface area contributed by atoms with Crippen LogP contribution in [0.25, 0.3) is 98.4 Å². The van der Waals surface area contributed by atoms with Gasteiger partial charge in [0.2, 0.25) is 0 Å². The van der Waals surface area contributed by atoms with E-state index in [0.717, 1.165) is 34.1 Å². The van der Waals surface area contributed by atoms with Crippen LogP contribution in [0.4, 0.5) is 34.1 Å². The Morgan fingerprint density at radius 2 is 0.630 bits per heavy atom. The summed E-state index contributed by atoms with van der Waals surface area (Å²) in [5.74, 6) is 0.702. The van der Waals surface area contributed by atoms with Gasteiger partial charge in [0.1, 0.15) is 0 Å². The Morgan fingerprint density at radius 1 is 0.283 bits per heavy atom. The van der Waals surface area contributed by atoms with Crippen molar-refractivity contribution in [2.45, 2.75) is 144 Å². The first-order valence-electron chi connectivity index (χ1n) is 33.5. The summed E-state index contributed by atoms with van der Waals surface area (Å²) in [5.41, 5.74) is 26.9. The molecule has 0 aliphatic rings. The lowest BCUT2D eigenvalue weighted by molar-refractivity contribution is 0.589. The molecule has 4 nitrogen and oxygen atoms in total. The summed E-state index contributed by atoms with van der Waals surface area (Å²) in [5, 5.41) is 9.96. The minimum atomic E-state index is -0.0569. The van der Waals surface area contributed by atoms with Crippen LogP contribution in [0.5, 0.6) is 0 Å². The number of hydrogen-bond donors (Lipinski definition) is 0. The van der Waals surface area contributed by atoms with Crippen LogP contribution in [-0.4, -0.2) is 8.80 Å². The average Bonchev–Trinajstić information content (AvgIpc) is 1.52. The normalized spacial score (nSPS) is 13.0. The molecule has 4 heteroatoms. The molecule has 458 valence electrons. The molecule has 0 atom stereocenters. The molecule has 0 fully saturated rings. The summed E-state index contributed by atoms with van der Waals surface area (Å²) >= 11 is 0. The zero-order valence-corrected chi connectivity index (χ0v) is 56.7. The van der Waals surface area contributed by atoms with Crippen LogP contribution in [0.2, 0.25) is 0 Å². The summed E-state index contributed by atoms with van der Waals surface area (Å²) in [7, 11) is 0. The SMILES string of the molecule is CC(C)c1cccc(N(c2ccc(C(C)(C)C)cc2-c2ccc(C(C)(C)C)cc2)c2ccc3c4cc5c(cc4n4c6ccccc6c2c34)c2ccc(N(c3cccc(C(C)C)c3)c3ccc(C(C)(C)C)cc3-c3ccc(C(C)(C)C)cc3)c3c4ccccc4n5c23)c1. The maximum Gasteiger partial charge on any atom is 0.0641 e. The molecule has 11 aromatic carbocycles. The summed E-state index contributed by atoms with van der Waals surface area (Å²) in [6.45, 7) is 37.0. The van der Waals surface area contributed by atoms with Crippen LogP contribution in [0.1, 0.15) is 156 Å². The molecule has 15 aromatic rings. The number of fused-ring (bicyclic) bond motifs is 12. The molecule has 0 saturated heterocycles. The van der Waals surface area contributed by atoms with Crippen molar-refractivity contribution in [1.29, 1.82) is 0 Å². The Bertz CT molecular complexity index is 5030. The minimum Gasteiger partial charge on any atom is -0.309 e. The van der Waals surface area contributed by atoms with Crippen molar-refractivity contribution < 1.29 is 0 Å². The van der Waals surface area contributed by atoms with E-state index in [9.17, 15) is 0 Å². The van der Waals surface area contributed by atoms with Crippen LogP contribution in [0.15, 0.2) is 218 Å². The molecule has 0 saturated carbocycles. The quantitative estimate of drug-likeness (QED) is 0.136. The lowest BCUT2D eigenvalue weighted by Gasteiger charge is -2.31. The predicted octanol–water partition coefficient (Wildman–Crippen LogP) is 25.7. The molecule has 0 unspecified atom stereocenters. The predicted molar refractivity (Wildman–Crippen MR) is 399 cm³/mol. The van der Waals surface area contributed by atoms with Gasteiger partial charge in [0.05, 0.1) is 55.8 Å². The highest BCUT2D eigenvalue weighted by atomic mass is 15.2. The van der Waals surface area contributed by atoms with Crippen molar-refractivity contribution in [3.05, 3.63) is 252 Å². The first-order valence-corrected chi connectivity index (χ1v) is 33.5. The van der Waals surface area contributed by atoms with Gasteiger partial charge in [-0.15, -0.1) is 0 Å². The Hall–Kier alpha value is -9.38. The van der Waals surface area contributed by atoms with E-state index in [0.29, 0.717) is 11.8 Å². The molecule has 92 heavy (non-hydrogen) atoms. The molecule has 0 spiro atoms. The fraction of sp³-hybridized carbons (Fsp3) is 0.250. The van der Waals surface area contributed by atoms with E-state index < -0.39 is 0 Å². The topological polar surface area (TPSA) is 15.3 Å². The number of nitrogens with zero attached hydrogens (tertiary/aromatic N) is 4. The second-order valence-electron chi connectivity index (χ2n) is 31.1. The third-order valence-corrected chi connectivity index (χ3v) is 20.2. The first-order chi connectivity index (χ1) is 43.8. The van der Waals surface area contributed by atoms with Gasteiger partial charge in [-0.05, 0) is 163 Å². The Labute approximate surface area is 544 Å². The molecule has 0 radical (unpaired) electrons. The van der Waals surface area contributed by atoms with Crippen LogP contribution in [-0.2, 0) is 21.7 Å². The molecule has 0 aliphatic carbocycles. The van der Waals surface area contributed by atoms with Gasteiger partial charge in [-0.3, -0.25) is 0 Å². The van der Waals surface area contributed by atoms with E-state index in [4.69, 9.17) is 0 Å².